The van der Waals surface area contributed by atoms with Crippen molar-refractivity contribution in [3.63, 3.8) is 0 Å². The molecule has 2 N–H and O–H groups in total. The summed E-state index contributed by atoms with van der Waals surface area (Å²) in [4.78, 5) is 11.0. The Morgan fingerprint density at radius 3 is 2.58 bits per heavy atom. The summed E-state index contributed by atoms with van der Waals surface area (Å²) in [5.41, 5.74) is 5.64. The predicted octanol–water partition coefficient (Wildman–Crippen LogP) is 2.30. The van der Waals surface area contributed by atoms with E-state index in [2.05, 4.69) is 15.0 Å². The summed E-state index contributed by atoms with van der Waals surface area (Å²) in [6.45, 7) is 0. The van der Waals surface area contributed by atoms with Gasteiger partial charge in [-0.05, 0) is 17.7 Å². The average molecular weight is 266 g/mol. The Morgan fingerprint density at radius 1 is 1.21 bits per heavy atom. The summed E-state index contributed by atoms with van der Waals surface area (Å²) in [5, 5.41) is 0. The number of hydrogen-bond donors (Lipinski definition) is 1. The van der Waals surface area contributed by atoms with E-state index in [1.807, 2.05) is 0 Å². The standard InChI is InChI=1S/C12H9F3N4/c13-10-5-7(1-3-17-10)8(6-16)12-18-4-2-9(19-12)11(14)15/h1-6,11H,16H2. The van der Waals surface area contributed by atoms with Gasteiger partial charge in [0.15, 0.2) is 5.82 Å². The summed E-state index contributed by atoms with van der Waals surface area (Å²) in [6.07, 6.45) is 0.866. The first kappa shape index (κ1) is 13.0. The summed E-state index contributed by atoms with van der Waals surface area (Å²) in [7, 11) is 0. The Morgan fingerprint density at radius 2 is 1.95 bits per heavy atom. The molecular weight excluding hydrogens is 257 g/mol. The molecule has 0 fully saturated rings. The van der Waals surface area contributed by atoms with Crippen LogP contribution in [0, 0.1) is 5.95 Å². The number of rotatable bonds is 3. The third-order valence-corrected chi connectivity index (χ3v) is 2.35. The van der Waals surface area contributed by atoms with Crippen LogP contribution in [0.1, 0.15) is 23.5 Å². The summed E-state index contributed by atoms with van der Waals surface area (Å²) >= 11 is 0. The van der Waals surface area contributed by atoms with E-state index in [1.54, 1.807) is 0 Å². The van der Waals surface area contributed by atoms with E-state index < -0.39 is 18.1 Å². The van der Waals surface area contributed by atoms with Crippen molar-refractivity contribution >= 4 is 5.57 Å². The van der Waals surface area contributed by atoms with E-state index >= 15 is 0 Å². The van der Waals surface area contributed by atoms with Gasteiger partial charge in [-0.25, -0.2) is 23.7 Å². The van der Waals surface area contributed by atoms with Crippen molar-refractivity contribution in [1.29, 1.82) is 0 Å². The maximum atomic E-state index is 13.0. The molecule has 0 saturated carbocycles. The van der Waals surface area contributed by atoms with E-state index in [4.69, 9.17) is 5.73 Å². The molecule has 2 aromatic rings. The highest BCUT2D eigenvalue weighted by Crippen LogP contribution is 2.22. The molecule has 0 unspecified atom stereocenters. The fourth-order valence-electron chi connectivity index (χ4n) is 1.49. The first-order valence-corrected chi connectivity index (χ1v) is 5.27. The highest BCUT2D eigenvalue weighted by molar-refractivity contribution is 5.75. The molecule has 0 atom stereocenters. The molecular formula is C12H9F3N4. The van der Waals surface area contributed by atoms with Crippen LogP contribution in [0.3, 0.4) is 0 Å². The molecule has 0 aliphatic heterocycles. The van der Waals surface area contributed by atoms with Gasteiger partial charge in [-0.1, -0.05) is 0 Å². The van der Waals surface area contributed by atoms with Gasteiger partial charge in [-0.3, -0.25) is 0 Å². The maximum Gasteiger partial charge on any atom is 0.280 e. The molecule has 0 saturated heterocycles. The number of nitrogens with two attached hydrogens (primary N) is 1. The van der Waals surface area contributed by atoms with E-state index in [0.29, 0.717) is 5.56 Å². The normalized spacial score (nSPS) is 11.9. The predicted molar refractivity (Wildman–Crippen MR) is 62.5 cm³/mol. The molecule has 2 heterocycles. The first-order valence-electron chi connectivity index (χ1n) is 5.27. The molecule has 0 radical (unpaired) electrons. The van der Waals surface area contributed by atoms with E-state index in [0.717, 1.165) is 18.3 Å². The summed E-state index contributed by atoms with van der Waals surface area (Å²) in [6, 6.07) is 3.71. The van der Waals surface area contributed by atoms with Crippen LogP contribution in [0.4, 0.5) is 13.2 Å². The molecule has 0 spiro atoms. The van der Waals surface area contributed by atoms with Gasteiger partial charge in [0.1, 0.15) is 5.69 Å². The molecule has 0 aromatic carbocycles. The fraction of sp³-hybridized carbons (Fsp3) is 0.0833. The van der Waals surface area contributed by atoms with Gasteiger partial charge in [0.05, 0.1) is 0 Å². The quantitative estimate of drug-likeness (QED) is 0.866. The third-order valence-electron chi connectivity index (χ3n) is 2.35. The van der Waals surface area contributed by atoms with Crippen molar-refractivity contribution in [2.45, 2.75) is 6.43 Å². The maximum absolute atomic E-state index is 13.0. The van der Waals surface area contributed by atoms with Crippen molar-refractivity contribution in [3.05, 3.63) is 59.8 Å². The third kappa shape index (κ3) is 2.87. The fourth-order valence-corrected chi connectivity index (χ4v) is 1.49. The van der Waals surface area contributed by atoms with Crippen LogP contribution in [0.5, 0.6) is 0 Å². The highest BCUT2D eigenvalue weighted by Gasteiger charge is 2.13. The number of aromatic nitrogens is 3. The Kier molecular flexibility index (Phi) is 3.74. The molecule has 0 amide bonds. The monoisotopic (exact) mass is 266 g/mol. The van der Waals surface area contributed by atoms with Crippen molar-refractivity contribution < 1.29 is 13.2 Å². The average Bonchev–Trinajstić information content (AvgIpc) is 2.40. The number of nitrogens with zero attached hydrogens (tertiary/aromatic N) is 3. The smallest absolute Gasteiger partial charge is 0.280 e. The molecule has 2 aromatic heterocycles. The van der Waals surface area contributed by atoms with Gasteiger partial charge in [-0.2, -0.15) is 4.39 Å². The second-order valence-corrected chi connectivity index (χ2v) is 3.55. The van der Waals surface area contributed by atoms with Crippen LogP contribution in [-0.4, -0.2) is 15.0 Å². The minimum atomic E-state index is -2.71. The first-order chi connectivity index (χ1) is 9.11. The van der Waals surface area contributed by atoms with Crippen LogP contribution in [-0.2, 0) is 0 Å². The van der Waals surface area contributed by atoms with E-state index in [-0.39, 0.29) is 11.4 Å². The van der Waals surface area contributed by atoms with Crippen LogP contribution >= 0.6 is 0 Å². The van der Waals surface area contributed by atoms with E-state index in [1.165, 1.54) is 18.5 Å². The van der Waals surface area contributed by atoms with Crippen LogP contribution < -0.4 is 5.73 Å². The lowest BCUT2D eigenvalue weighted by atomic mass is 10.1. The Labute approximate surface area is 106 Å². The van der Waals surface area contributed by atoms with Crippen LogP contribution in [0.25, 0.3) is 5.57 Å². The summed E-state index contributed by atoms with van der Waals surface area (Å²) in [5.74, 6) is -0.701. The molecule has 4 nitrogen and oxygen atoms in total. The SMILES string of the molecule is NC=C(c1ccnc(F)c1)c1nccc(C(F)F)n1. The minimum absolute atomic E-state index is 0.00546. The zero-order chi connectivity index (χ0) is 13.8. The lowest BCUT2D eigenvalue weighted by Gasteiger charge is -2.07. The van der Waals surface area contributed by atoms with Crippen molar-refractivity contribution in [2.24, 2.45) is 5.73 Å². The van der Waals surface area contributed by atoms with Gasteiger partial charge >= 0.3 is 0 Å². The second kappa shape index (κ2) is 5.47. The lowest BCUT2D eigenvalue weighted by molar-refractivity contribution is 0.146. The van der Waals surface area contributed by atoms with Gasteiger partial charge in [0, 0.05) is 30.2 Å². The molecule has 98 valence electrons. The molecule has 0 aliphatic rings. The second-order valence-electron chi connectivity index (χ2n) is 3.55. The molecule has 0 aliphatic carbocycles. The van der Waals surface area contributed by atoms with Crippen molar-refractivity contribution in [3.8, 4) is 0 Å². The largest absolute Gasteiger partial charge is 0.404 e. The number of pyridine rings is 1. The molecule has 7 heteroatoms. The topological polar surface area (TPSA) is 64.7 Å². The lowest BCUT2D eigenvalue weighted by Crippen LogP contribution is -2.02. The van der Waals surface area contributed by atoms with E-state index in [9.17, 15) is 13.2 Å². The van der Waals surface area contributed by atoms with Crippen LogP contribution in [0.2, 0.25) is 0 Å². The van der Waals surface area contributed by atoms with Gasteiger partial charge in [0.2, 0.25) is 5.95 Å². The number of hydrogen-bond acceptors (Lipinski definition) is 4. The Bertz CT molecular complexity index is 613. The van der Waals surface area contributed by atoms with Crippen molar-refractivity contribution in [2.75, 3.05) is 0 Å². The zero-order valence-electron chi connectivity index (χ0n) is 9.59. The highest BCUT2D eigenvalue weighted by atomic mass is 19.3. The minimum Gasteiger partial charge on any atom is -0.404 e. The molecule has 19 heavy (non-hydrogen) atoms. The van der Waals surface area contributed by atoms with Gasteiger partial charge in [-0.15, -0.1) is 0 Å². The summed E-state index contributed by atoms with van der Waals surface area (Å²) < 4.78 is 38.2. The zero-order valence-corrected chi connectivity index (χ0v) is 9.59. The van der Waals surface area contributed by atoms with Crippen LogP contribution in [0.15, 0.2) is 36.8 Å². The van der Waals surface area contributed by atoms with Crippen molar-refractivity contribution in [1.82, 2.24) is 15.0 Å². The van der Waals surface area contributed by atoms with Gasteiger partial charge in [0.25, 0.3) is 6.43 Å². The molecule has 0 bridgehead atoms. The Balaban J connectivity index is 2.46. The van der Waals surface area contributed by atoms with Gasteiger partial charge < -0.3 is 5.73 Å². The number of alkyl halides is 2. The number of halogens is 3. The molecule has 2 rings (SSSR count). The Hall–Kier alpha value is -2.44.